The van der Waals surface area contributed by atoms with Gasteiger partial charge in [-0.25, -0.2) is 9.78 Å². The molecule has 0 aliphatic rings. The van der Waals surface area contributed by atoms with Crippen molar-refractivity contribution in [3.8, 4) is 5.75 Å². The molecule has 0 aliphatic carbocycles. The van der Waals surface area contributed by atoms with Crippen LogP contribution in [-0.4, -0.2) is 26.6 Å². The fraction of sp³-hybridized carbons (Fsp3) is 0.211. The van der Waals surface area contributed by atoms with E-state index < -0.39 is 0 Å². The molecular formula is C19H21N5O2. The highest BCUT2D eigenvalue weighted by atomic mass is 16.5. The Hall–Kier alpha value is -3.35. The molecule has 134 valence electrons. The summed E-state index contributed by atoms with van der Waals surface area (Å²) in [5, 5.41) is 5.72. The van der Waals surface area contributed by atoms with Gasteiger partial charge in [-0.15, -0.1) is 0 Å². The number of ether oxygens (including phenoxy) is 1. The minimum atomic E-state index is -0.260. The number of pyridine rings is 1. The first kappa shape index (κ1) is 17.5. The molecule has 7 nitrogen and oxygen atoms in total. The van der Waals surface area contributed by atoms with Gasteiger partial charge in [-0.3, -0.25) is 4.98 Å². The maximum Gasteiger partial charge on any atom is 0.319 e. The number of amides is 2. The van der Waals surface area contributed by atoms with Crippen molar-refractivity contribution in [1.82, 2.24) is 19.9 Å². The maximum absolute atomic E-state index is 12.1. The highest BCUT2D eigenvalue weighted by molar-refractivity contribution is 5.89. The lowest BCUT2D eigenvalue weighted by Crippen LogP contribution is -2.38. The van der Waals surface area contributed by atoms with Crippen molar-refractivity contribution in [2.45, 2.75) is 26.1 Å². The zero-order chi connectivity index (χ0) is 18.2. The molecule has 1 aromatic carbocycles. The van der Waals surface area contributed by atoms with Gasteiger partial charge >= 0.3 is 6.03 Å². The standard InChI is InChI=1S/C19H21N5O2/c1-15(12-24-10-9-21-14-24)22-19(25)23-17-3-2-4-18(11-17)26-13-16-5-7-20-8-6-16/h2-11,14-15H,12-13H2,1H3,(H2,22,23,25)/t15-/m1/s1. The van der Waals surface area contributed by atoms with E-state index >= 15 is 0 Å². The molecule has 0 spiro atoms. The summed E-state index contributed by atoms with van der Waals surface area (Å²) in [6, 6.07) is 10.8. The number of hydrogen-bond acceptors (Lipinski definition) is 4. The van der Waals surface area contributed by atoms with Gasteiger partial charge in [0, 0.05) is 49.1 Å². The summed E-state index contributed by atoms with van der Waals surface area (Å²) in [6.45, 7) is 3.04. The number of carbonyl (C=O) groups is 1. The van der Waals surface area contributed by atoms with Gasteiger partial charge in [0.15, 0.2) is 0 Å². The number of carbonyl (C=O) groups excluding carboxylic acids is 1. The molecule has 2 heterocycles. The molecule has 0 aliphatic heterocycles. The van der Waals surface area contributed by atoms with E-state index in [-0.39, 0.29) is 12.1 Å². The van der Waals surface area contributed by atoms with E-state index in [0.717, 1.165) is 5.56 Å². The third-order valence-electron chi connectivity index (χ3n) is 3.67. The van der Waals surface area contributed by atoms with E-state index in [1.54, 1.807) is 31.0 Å². The Labute approximate surface area is 152 Å². The Morgan fingerprint density at radius 2 is 2.04 bits per heavy atom. The number of nitrogens with zero attached hydrogens (tertiary/aromatic N) is 3. The van der Waals surface area contributed by atoms with Crippen LogP contribution in [0.25, 0.3) is 0 Å². The topological polar surface area (TPSA) is 81.1 Å². The summed E-state index contributed by atoms with van der Waals surface area (Å²) in [4.78, 5) is 20.1. The Balaban J connectivity index is 1.50. The number of anilines is 1. The molecule has 3 rings (SSSR count). The molecule has 2 aromatic heterocycles. The second-order valence-electron chi connectivity index (χ2n) is 5.93. The average Bonchev–Trinajstić information content (AvgIpc) is 3.14. The van der Waals surface area contributed by atoms with Crippen molar-refractivity contribution in [2.24, 2.45) is 0 Å². The molecule has 0 bridgehead atoms. The summed E-state index contributed by atoms with van der Waals surface area (Å²) < 4.78 is 7.67. The van der Waals surface area contributed by atoms with Gasteiger partial charge in [0.25, 0.3) is 0 Å². The van der Waals surface area contributed by atoms with Gasteiger partial charge in [-0.2, -0.15) is 0 Å². The van der Waals surface area contributed by atoms with Gasteiger partial charge in [-0.1, -0.05) is 6.07 Å². The SMILES string of the molecule is C[C@H](Cn1ccnc1)NC(=O)Nc1cccc(OCc2ccncc2)c1. The summed E-state index contributed by atoms with van der Waals surface area (Å²) in [7, 11) is 0. The second-order valence-corrected chi connectivity index (χ2v) is 5.93. The number of hydrogen-bond donors (Lipinski definition) is 2. The number of imidazole rings is 1. The minimum absolute atomic E-state index is 0.0321. The Bertz CT molecular complexity index is 821. The fourth-order valence-corrected chi connectivity index (χ4v) is 2.46. The van der Waals surface area contributed by atoms with E-state index in [1.165, 1.54) is 0 Å². The number of urea groups is 1. The number of nitrogens with one attached hydrogen (secondary N) is 2. The molecule has 0 fully saturated rings. The Morgan fingerprint density at radius 3 is 2.81 bits per heavy atom. The van der Waals surface area contributed by atoms with Crippen molar-refractivity contribution < 1.29 is 9.53 Å². The van der Waals surface area contributed by atoms with E-state index in [4.69, 9.17) is 4.74 Å². The fourth-order valence-electron chi connectivity index (χ4n) is 2.46. The quantitative estimate of drug-likeness (QED) is 0.685. The normalized spacial score (nSPS) is 11.6. The largest absolute Gasteiger partial charge is 0.489 e. The van der Waals surface area contributed by atoms with Crippen molar-refractivity contribution >= 4 is 11.7 Å². The number of benzene rings is 1. The van der Waals surface area contributed by atoms with Crippen molar-refractivity contribution in [2.75, 3.05) is 5.32 Å². The van der Waals surface area contributed by atoms with Crippen LogP contribution in [0.4, 0.5) is 10.5 Å². The first-order valence-electron chi connectivity index (χ1n) is 8.34. The molecule has 0 saturated heterocycles. The molecule has 0 saturated carbocycles. The molecule has 0 unspecified atom stereocenters. The number of rotatable bonds is 7. The van der Waals surface area contributed by atoms with Gasteiger partial charge in [0.2, 0.25) is 0 Å². The predicted octanol–water partition coefficient (Wildman–Crippen LogP) is 3.07. The van der Waals surface area contributed by atoms with Crippen LogP contribution in [-0.2, 0) is 13.2 Å². The molecule has 1 atom stereocenters. The van der Waals surface area contributed by atoms with Crippen molar-refractivity contribution in [3.63, 3.8) is 0 Å². The molecular weight excluding hydrogens is 330 g/mol. The molecule has 26 heavy (non-hydrogen) atoms. The smallest absolute Gasteiger partial charge is 0.319 e. The lowest BCUT2D eigenvalue weighted by molar-refractivity contribution is 0.248. The zero-order valence-electron chi connectivity index (χ0n) is 14.5. The van der Waals surface area contributed by atoms with Crippen LogP contribution in [0.3, 0.4) is 0 Å². The van der Waals surface area contributed by atoms with Crippen LogP contribution >= 0.6 is 0 Å². The van der Waals surface area contributed by atoms with Crippen LogP contribution in [0.2, 0.25) is 0 Å². The third kappa shape index (κ3) is 5.34. The highest BCUT2D eigenvalue weighted by Crippen LogP contribution is 2.18. The van der Waals surface area contributed by atoms with Gasteiger partial charge in [0.05, 0.1) is 6.33 Å². The van der Waals surface area contributed by atoms with E-state index in [1.807, 2.05) is 48.0 Å². The van der Waals surface area contributed by atoms with E-state index in [0.29, 0.717) is 24.6 Å². The van der Waals surface area contributed by atoms with Crippen LogP contribution in [0.15, 0.2) is 67.5 Å². The van der Waals surface area contributed by atoms with Crippen LogP contribution in [0, 0.1) is 0 Å². The van der Waals surface area contributed by atoms with Gasteiger partial charge in [-0.05, 0) is 36.8 Å². The minimum Gasteiger partial charge on any atom is -0.489 e. The first-order valence-corrected chi connectivity index (χ1v) is 8.34. The van der Waals surface area contributed by atoms with E-state index in [9.17, 15) is 4.79 Å². The lowest BCUT2D eigenvalue weighted by Gasteiger charge is -2.15. The Morgan fingerprint density at radius 1 is 1.19 bits per heavy atom. The van der Waals surface area contributed by atoms with Crippen LogP contribution in [0.1, 0.15) is 12.5 Å². The third-order valence-corrected chi connectivity index (χ3v) is 3.67. The van der Waals surface area contributed by atoms with E-state index in [2.05, 4.69) is 20.6 Å². The summed E-state index contributed by atoms with van der Waals surface area (Å²) in [5.41, 5.74) is 1.70. The molecule has 7 heteroatoms. The lowest BCUT2D eigenvalue weighted by atomic mass is 10.3. The predicted molar refractivity (Wildman–Crippen MR) is 98.9 cm³/mol. The van der Waals surface area contributed by atoms with Crippen molar-refractivity contribution in [3.05, 3.63) is 73.1 Å². The van der Waals surface area contributed by atoms with Crippen molar-refractivity contribution in [1.29, 1.82) is 0 Å². The first-order chi connectivity index (χ1) is 12.7. The summed E-state index contributed by atoms with van der Waals surface area (Å²) in [5.74, 6) is 0.686. The average molecular weight is 351 g/mol. The molecule has 2 N–H and O–H groups in total. The summed E-state index contributed by atoms with van der Waals surface area (Å²) in [6.07, 6.45) is 8.75. The number of aromatic nitrogens is 3. The van der Waals surface area contributed by atoms with Gasteiger partial charge in [0.1, 0.15) is 12.4 Å². The molecule has 3 aromatic rings. The maximum atomic E-state index is 12.1. The second kappa shape index (κ2) is 8.66. The highest BCUT2D eigenvalue weighted by Gasteiger charge is 2.08. The Kier molecular flexibility index (Phi) is 5.82. The van der Waals surface area contributed by atoms with Gasteiger partial charge < -0.3 is 19.9 Å². The summed E-state index contributed by atoms with van der Waals surface area (Å²) >= 11 is 0. The zero-order valence-corrected chi connectivity index (χ0v) is 14.5. The molecule has 2 amide bonds. The molecule has 0 radical (unpaired) electrons. The van der Waals surface area contributed by atoms with Crippen LogP contribution < -0.4 is 15.4 Å². The monoisotopic (exact) mass is 351 g/mol. The van der Waals surface area contributed by atoms with Crippen LogP contribution in [0.5, 0.6) is 5.75 Å².